The lowest BCUT2D eigenvalue weighted by molar-refractivity contribution is -0.115. The normalized spacial score (nSPS) is 10.1. The van der Waals surface area contributed by atoms with Crippen molar-refractivity contribution in [2.75, 3.05) is 45.6 Å². The third-order valence-corrected chi connectivity index (χ3v) is 4.01. The summed E-state index contributed by atoms with van der Waals surface area (Å²) in [4.78, 5) is 12.3. The molecule has 27 heavy (non-hydrogen) atoms. The van der Waals surface area contributed by atoms with Crippen molar-refractivity contribution in [3.63, 3.8) is 0 Å². The number of methoxy groups -OCH3 is 4. The summed E-state index contributed by atoms with van der Waals surface area (Å²) in [5, 5.41) is 6.55. The van der Waals surface area contributed by atoms with Crippen molar-refractivity contribution in [1.82, 2.24) is 0 Å². The Labute approximate surface area is 163 Å². The van der Waals surface area contributed by atoms with Crippen LogP contribution in [-0.2, 0) is 4.79 Å². The van der Waals surface area contributed by atoms with E-state index < -0.39 is 0 Å². The lowest BCUT2D eigenvalue weighted by atomic mass is 10.2. The molecule has 0 radical (unpaired) electrons. The van der Waals surface area contributed by atoms with Crippen molar-refractivity contribution in [3.8, 4) is 23.0 Å². The number of ether oxygens (including phenoxy) is 4. The number of nitrogens with one attached hydrogen (secondary N) is 2. The van der Waals surface area contributed by atoms with Gasteiger partial charge in [-0.2, -0.15) is 0 Å². The number of halogens is 1. The quantitative estimate of drug-likeness (QED) is 0.673. The van der Waals surface area contributed by atoms with Gasteiger partial charge in [0.15, 0.2) is 11.5 Å². The van der Waals surface area contributed by atoms with Crippen molar-refractivity contribution < 1.29 is 23.7 Å². The minimum atomic E-state index is -0.169. The fraction of sp³-hybridized carbons (Fsp3) is 0.316. The van der Waals surface area contributed by atoms with Gasteiger partial charge in [-0.15, -0.1) is 0 Å². The van der Waals surface area contributed by atoms with E-state index in [0.717, 1.165) is 5.69 Å². The summed E-state index contributed by atoms with van der Waals surface area (Å²) in [5.41, 5.74) is 1.28. The van der Waals surface area contributed by atoms with Crippen LogP contribution < -0.4 is 29.6 Å². The fourth-order valence-electron chi connectivity index (χ4n) is 2.51. The Morgan fingerprint density at radius 1 is 0.926 bits per heavy atom. The first kappa shape index (κ1) is 20.5. The second-order valence-corrected chi connectivity index (χ2v) is 5.92. The molecule has 146 valence electrons. The first-order chi connectivity index (χ1) is 13.0. The smallest absolute Gasteiger partial charge is 0.226 e. The summed E-state index contributed by atoms with van der Waals surface area (Å²) in [5.74, 6) is 1.89. The monoisotopic (exact) mass is 394 g/mol. The maximum absolute atomic E-state index is 12.3. The highest BCUT2D eigenvalue weighted by atomic mass is 35.5. The van der Waals surface area contributed by atoms with E-state index in [1.165, 1.54) is 21.3 Å². The van der Waals surface area contributed by atoms with Crippen molar-refractivity contribution in [2.24, 2.45) is 0 Å². The second-order valence-electron chi connectivity index (χ2n) is 5.48. The van der Waals surface area contributed by atoms with Gasteiger partial charge in [0.2, 0.25) is 11.7 Å². The molecule has 2 rings (SSSR count). The fourth-order valence-corrected chi connectivity index (χ4v) is 2.68. The third-order valence-electron chi connectivity index (χ3n) is 3.78. The van der Waals surface area contributed by atoms with Gasteiger partial charge in [-0.3, -0.25) is 4.79 Å². The highest BCUT2D eigenvalue weighted by Crippen LogP contribution is 2.39. The van der Waals surface area contributed by atoms with E-state index in [4.69, 9.17) is 30.5 Å². The molecule has 0 bridgehead atoms. The zero-order valence-corrected chi connectivity index (χ0v) is 16.5. The van der Waals surface area contributed by atoms with Crippen LogP contribution in [0, 0.1) is 0 Å². The minimum Gasteiger partial charge on any atom is -0.495 e. The molecule has 0 aliphatic rings. The first-order valence-electron chi connectivity index (χ1n) is 8.19. The Morgan fingerprint density at radius 2 is 1.56 bits per heavy atom. The molecule has 0 atom stereocenters. The molecule has 0 aromatic heterocycles. The van der Waals surface area contributed by atoms with E-state index in [0.29, 0.717) is 40.3 Å². The van der Waals surface area contributed by atoms with Crippen molar-refractivity contribution in [2.45, 2.75) is 6.42 Å². The van der Waals surface area contributed by atoms with E-state index in [1.54, 1.807) is 37.4 Å². The highest BCUT2D eigenvalue weighted by Gasteiger charge is 2.14. The molecule has 2 aromatic carbocycles. The molecule has 1 amide bonds. The number of hydrogen-bond donors (Lipinski definition) is 2. The minimum absolute atomic E-state index is 0.169. The average molecular weight is 395 g/mol. The highest BCUT2D eigenvalue weighted by molar-refractivity contribution is 6.30. The predicted molar refractivity (Wildman–Crippen MR) is 106 cm³/mol. The molecular formula is C19H23ClN2O5. The second kappa shape index (κ2) is 9.78. The lowest BCUT2D eigenvalue weighted by Crippen LogP contribution is -2.16. The summed E-state index contributed by atoms with van der Waals surface area (Å²) in [6, 6.07) is 8.60. The number of anilines is 2. The Hall–Kier alpha value is -2.80. The van der Waals surface area contributed by atoms with E-state index in [9.17, 15) is 4.79 Å². The van der Waals surface area contributed by atoms with E-state index in [1.807, 2.05) is 0 Å². The summed E-state index contributed by atoms with van der Waals surface area (Å²) in [6.45, 7) is 0.410. The van der Waals surface area contributed by atoms with Crippen LogP contribution in [0.3, 0.4) is 0 Å². The van der Waals surface area contributed by atoms with Gasteiger partial charge in [0.05, 0.1) is 34.1 Å². The van der Waals surface area contributed by atoms with Gasteiger partial charge in [-0.25, -0.2) is 0 Å². The lowest BCUT2D eigenvalue weighted by Gasteiger charge is -2.15. The molecule has 0 heterocycles. The molecule has 0 saturated heterocycles. The standard InChI is InChI=1S/C19H23ClN2O5/c1-24-15-6-5-12(20)9-14(15)21-8-7-18(23)22-13-10-16(25-2)19(27-4)17(11-13)26-3/h5-6,9-11,21H,7-8H2,1-4H3,(H,22,23). The molecule has 0 fully saturated rings. The van der Waals surface area contributed by atoms with Crippen LogP contribution in [0.25, 0.3) is 0 Å². The van der Waals surface area contributed by atoms with Gasteiger partial charge < -0.3 is 29.6 Å². The maximum atomic E-state index is 12.3. The van der Waals surface area contributed by atoms with Crippen molar-refractivity contribution in [1.29, 1.82) is 0 Å². The van der Waals surface area contributed by atoms with Crippen molar-refractivity contribution in [3.05, 3.63) is 35.4 Å². The van der Waals surface area contributed by atoms with Crippen LogP contribution in [0.15, 0.2) is 30.3 Å². The van der Waals surface area contributed by atoms with Gasteiger partial charge in [0, 0.05) is 35.8 Å². The zero-order valence-electron chi connectivity index (χ0n) is 15.7. The Morgan fingerprint density at radius 3 is 2.11 bits per heavy atom. The van der Waals surface area contributed by atoms with Gasteiger partial charge in [0.25, 0.3) is 0 Å². The van der Waals surface area contributed by atoms with Crippen LogP contribution in [-0.4, -0.2) is 40.9 Å². The first-order valence-corrected chi connectivity index (χ1v) is 8.57. The summed E-state index contributed by atoms with van der Waals surface area (Å²) in [7, 11) is 6.14. The number of hydrogen-bond acceptors (Lipinski definition) is 6. The van der Waals surface area contributed by atoms with E-state index in [2.05, 4.69) is 10.6 Å². The molecule has 8 heteroatoms. The average Bonchev–Trinajstić information content (AvgIpc) is 2.67. The van der Waals surface area contributed by atoms with Gasteiger partial charge in [-0.05, 0) is 18.2 Å². The van der Waals surface area contributed by atoms with Crippen LogP contribution in [0.5, 0.6) is 23.0 Å². The number of benzene rings is 2. The summed E-state index contributed by atoms with van der Waals surface area (Å²) < 4.78 is 21.1. The predicted octanol–water partition coefficient (Wildman–Crippen LogP) is 3.82. The van der Waals surface area contributed by atoms with Crippen LogP contribution in [0.4, 0.5) is 11.4 Å². The molecular weight excluding hydrogens is 372 g/mol. The Balaban J connectivity index is 1.99. The largest absolute Gasteiger partial charge is 0.495 e. The van der Waals surface area contributed by atoms with Gasteiger partial charge >= 0.3 is 0 Å². The SMILES string of the molecule is COc1ccc(Cl)cc1NCCC(=O)Nc1cc(OC)c(OC)c(OC)c1. The molecule has 0 saturated carbocycles. The number of carbonyl (C=O) groups is 1. The zero-order chi connectivity index (χ0) is 19.8. The summed E-state index contributed by atoms with van der Waals surface area (Å²) in [6.07, 6.45) is 0.242. The molecule has 7 nitrogen and oxygen atoms in total. The molecule has 0 aliphatic heterocycles. The number of rotatable bonds is 9. The number of carbonyl (C=O) groups excluding carboxylic acids is 1. The maximum Gasteiger partial charge on any atom is 0.226 e. The molecule has 0 unspecified atom stereocenters. The van der Waals surface area contributed by atoms with Crippen LogP contribution in [0.2, 0.25) is 5.02 Å². The molecule has 0 spiro atoms. The van der Waals surface area contributed by atoms with Crippen molar-refractivity contribution >= 4 is 28.9 Å². The molecule has 2 N–H and O–H groups in total. The molecule has 0 aliphatic carbocycles. The van der Waals surface area contributed by atoms with E-state index in [-0.39, 0.29) is 12.3 Å². The third kappa shape index (κ3) is 5.34. The Kier molecular flexibility index (Phi) is 7.43. The number of amides is 1. The Bertz CT molecular complexity index is 773. The van der Waals surface area contributed by atoms with Crippen LogP contribution in [0.1, 0.15) is 6.42 Å². The van der Waals surface area contributed by atoms with Crippen LogP contribution >= 0.6 is 11.6 Å². The van der Waals surface area contributed by atoms with E-state index >= 15 is 0 Å². The van der Waals surface area contributed by atoms with Gasteiger partial charge in [-0.1, -0.05) is 11.6 Å². The summed E-state index contributed by atoms with van der Waals surface area (Å²) >= 11 is 6.00. The molecule has 2 aromatic rings. The topological polar surface area (TPSA) is 78.1 Å². The van der Waals surface area contributed by atoms with Gasteiger partial charge in [0.1, 0.15) is 5.75 Å².